The molecule has 24 heavy (non-hydrogen) atoms. The zero-order valence-corrected chi connectivity index (χ0v) is 13.9. The average molecular weight is 322 g/mol. The van der Waals surface area contributed by atoms with Crippen LogP contribution in [-0.2, 0) is 4.79 Å². The topological polar surface area (TPSA) is 32.8 Å². The fraction of sp³-hybridized carbons (Fsp3) is 0.250. The maximum Gasteiger partial charge on any atom is 0.246 e. The summed E-state index contributed by atoms with van der Waals surface area (Å²) in [6, 6.07) is 18.0. The molecular formula is C20H22N2O2. The molecule has 1 saturated heterocycles. The third-order valence-corrected chi connectivity index (χ3v) is 4.26. The number of para-hydroxylation sites is 2. The number of anilines is 1. The first-order valence-corrected chi connectivity index (χ1v) is 8.18. The van der Waals surface area contributed by atoms with E-state index in [0.717, 1.165) is 37.5 Å². The molecule has 0 spiro atoms. The van der Waals surface area contributed by atoms with Crippen LogP contribution < -0.4 is 9.64 Å². The van der Waals surface area contributed by atoms with Crippen LogP contribution in [0.15, 0.2) is 60.7 Å². The van der Waals surface area contributed by atoms with Crippen LogP contribution in [0.1, 0.15) is 5.56 Å². The van der Waals surface area contributed by atoms with Crippen molar-refractivity contribution in [2.45, 2.75) is 0 Å². The smallest absolute Gasteiger partial charge is 0.246 e. The van der Waals surface area contributed by atoms with Crippen LogP contribution in [0.25, 0.3) is 6.08 Å². The Kier molecular flexibility index (Phi) is 5.16. The summed E-state index contributed by atoms with van der Waals surface area (Å²) in [5, 5.41) is 0. The Morgan fingerprint density at radius 3 is 2.33 bits per heavy atom. The van der Waals surface area contributed by atoms with Crippen molar-refractivity contribution in [2.24, 2.45) is 0 Å². The van der Waals surface area contributed by atoms with Crippen molar-refractivity contribution in [3.8, 4) is 5.75 Å². The molecule has 124 valence electrons. The molecule has 4 heteroatoms. The fourth-order valence-corrected chi connectivity index (χ4v) is 2.89. The summed E-state index contributed by atoms with van der Waals surface area (Å²) in [5.41, 5.74) is 2.13. The van der Waals surface area contributed by atoms with Gasteiger partial charge in [-0.2, -0.15) is 0 Å². The highest BCUT2D eigenvalue weighted by molar-refractivity contribution is 5.92. The van der Waals surface area contributed by atoms with Crippen LogP contribution in [0.3, 0.4) is 0 Å². The van der Waals surface area contributed by atoms with Crippen molar-refractivity contribution < 1.29 is 9.53 Å². The maximum atomic E-state index is 12.4. The van der Waals surface area contributed by atoms with Gasteiger partial charge in [0.1, 0.15) is 5.75 Å². The molecule has 0 radical (unpaired) electrons. The molecule has 1 fully saturated rings. The Bertz CT molecular complexity index is 705. The van der Waals surface area contributed by atoms with E-state index in [1.165, 1.54) is 5.69 Å². The van der Waals surface area contributed by atoms with E-state index in [4.69, 9.17) is 4.74 Å². The third kappa shape index (κ3) is 3.77. The SMILES string of the molecule is COc1ccccc1/C=C/C(=O)N1CCN(c2ccccc2)CC1. The van der Waals surface area contributed by atoms with Gasteiger partial charge in [-0.05, 0) is 24.3 Å². The number of piperazine rings is 1. The second-order valence-electron chi connectivity index (χ2n) is 5.72. The zero-order chi connectivity index (χ0) is 16.8. The summed E-state index contributed by atoms with van der Waals surface area (Å²) in [6.45, 7) is 3.20. The molecular weight excluding hydrogens is 300 g/mol. The molecule has 4 nitrogen and oxygen atoms in total. The van der Waals surface area contributed by atoms with Crippen molar-refractivity contribution in [1.82, 2.24) is 4.90 Å². The van der Waals surface area contributed by atoms with Gasteiger partial charge >= 0.3 is 0 Å². The lowest BCUT2D eigenvalue weighted by Crippen LogP contribution is -2.48. The number of ether oxygens (including phenoxy) is 1. The number of hydrogen-bond donors (Lipinski definition) is 0. The standard InChI is InChI=1S/C20H22N2O2/c1-24-19-10-6-5-7-17(19)11-12-20(23)22-15-13-21(14-16-22)18-8-3-2-4-9-18/h2-12H,13-16H2,1H3/b12-11+. The summed E-state index contributed by atoms with van der Waals surface area (Å²) in [7, 11) is 1.64. The molecule has 0 N–H and O–H groups in total. The van der Waals surface area contributed by atoms with Crippen molar-refractivity contribution >= 4 is 17.7 Å². The van der Waals surface area contributed by atoms with Crippen LogP contribution in [-0.4, -0.2) is 44.1 Å². The summed E-state index contributed by atoms with van der Waals surface area (Å²) < 4.78 is 5.30. The minimum atomic E-state index is 0.0496. The predicted octanol–water partition coefficient (Wildman–Crippen LogP) is 3.06. The van der Waals surface area contributed by atoms with Gasteiger partial charge in [0.25, 0.3) is 0 Å². The van der Waals surface area contributed by atoms with E-state index < -0.39 is 0 Å². The summed E-state index contributed by atoms with van der Waals surface area (Å²) in [6.07, 6.45) is 3.46. The van der Waals surface area contributed by atoms with Crippen LogP contribution in [0.2, 0.25) is 0 Å². The molecule has 0 bridgehead atoms. The van der Waals surface area contributed by atoms with E-state index in [1.807, 2.05) is 53.4 Å². The first-order valence-electron chi connectivity index (χ1n) is 8.18. The van der Waals surface area contributed by atoms with E-state index in [-0.39, 0.29) is 5.91 Å². The summed E-state index contributed by atoms with van der Waals surface area (Å²) >= 11 is 0. The molecule has 2 aromatic rings. The van der Waals surface area contributed by atoms with Crippen LogP contribution in [0, 0.1) is 0 Å². The fourth-order valence-electron chi connectivity index (χ4n) is 2.89. The van der Waals surface area contributed by atoms with Crippen LogP contribution >= 0.6 is 0 Å². The minimum absolute atomic E-state index is 0.0496. The number of rotatable bonds is 4. The highest BCUT2D eigenvalue weighted by Gasteiger charge is 2.19. The Morgan fingerprint density at radius 1 is 0.958 bits per heavy atom. The summed E-state index contributed by atoms with van der Waals surface area (Å²) in [5.74, 6) is 0.823. The van der Waals surface area contributed by atoms with E-state index in [9.17, 15) is 4.79 Å². The number of carbonyl (C=O) groups excluding carboxylic acids is 1. The zero-order valence-electron chi connectivity index (χ0n) is 13.9. The van der Waals surface area contributed by atoms with Gasteiger partial charge in [0.05, 0.1) is 7.11 Å². The van der Waals surface area contributed by atoms with E-state index >= 15 is 0 Å². The minimum Gasteiger partial charge on any atom is -0.496 e. The quantitative estimate of drug-likeness (QED) is 0.811. The number of methoxy groups -OCH3 is 1. The Morgan fingerprint density at radius 2 is 1.62 bits per heavy atom. The van der Waals surface area contributed by atoms with Gasteiger partial charge in [0, 0.05) is 43.5 Å². The predicted molar refractivity (Wildman–Crippen MR) is 97.3 cm³/mol. The lowest BCUT2D eigenvalue weighted by atomic mass is 10.2. The summed E-state index contributed by atoms with van der Waals surface area (Å²) in [4.78, 5) is 16.6. The van der Waals surface area contributed by atoms with Crippen molar-refractivity contribution in [2.75, 3.05) is 38.2 Å². The number of carbonyl (C=O) groups is 1. The lowest BCUT2D eigenvalue weighted by Gasteiger charge is -2.35. The molecule has 0 aromatic heterocycles. The van der Waals surface area contributed by atoms with Crippen molar-refractivity contribution in [3.05, 3.63) is 66.2 Å². The second-order valence-corrected chi connectivity index (χ2v) is 5.72. The Labute approximate surface area is 143 Å². The normalized spacial score (nSPS) is 14.9. The molecule has 1 amide bonds. The van der Waals surface area contributed by atoms with E-state index in [1.54, 1.807) is 13.2 Å². The molecule has 3 rings (SSSR count). The number of benzene rings is 2. The largest absolute Gasteiger partial charge is 0.496 e. The molecule has 0 aliphatic carbocycles. The first kappa shape index (κ1) is 16.1. The van der Waals surface area contributed by atoms with Crippen molar-refractivity contribution in [1.29, 1.82) is 0 Å². The van der Waals surface area contributed by atoms with Gasteiger partial charge in [-0.1, -0.05) is 36.4 Å². The molecule has 0 atom stereocenters. The highest BCUT2D eigenvalue weighted by Crippen LogP contribution is 2.19. The van der Waals surface area contributed by atoms with Crippen LogP contribution in [0.5, 0.6) is 5.75 Å². The average Bonchev–Trinajstić information content (AvgIpc) is 2.67. The van der Waals surface area contributed by atoms with Gasteiger partial charge in [-0.3, -0.25) is 4.79 Å². The van der Waals surface area contributed by atoms with E-state index in [0.29, 0.717) is 0 Å². The number of hydrogen-bond acceptors (Lipinski definition) is 3. The number of nitrogens with zero attached hydrogens (tertiary/aromatic N) is 2. The molecule has 1 aliphatic heterocycles. The van der Waals surface area contributed by atoms with Gasteiger partial charge in [0.2, 0.25) is 5.91 Å². The van der Waals surface area contributed by atoms with E-state index in [2.05, 4.69) is 17.0 Å². The van der Waals surface area contributed by atoms with Gasteiger partial charge < -0.3 is 14.5 Å². The molecule has 1 aliphatic rings. The van der Waals surface area contributed by atoms with Crippen molar-refractivity contribution in [3.63, 3.8) is 0 Å². The van der Waals surface area contributed by atoms with Gasteiger partial charge in [-0.25, -0.2) is 0 Å². The third-order valence-electron chi connectivity index (χ3n) is 4.26. The molecule has 0 saturated carbocycles. The Balaban J connectivity index is 1.58. The monoisotopic (exact) mass is 322 g/mol. The molecule has 1 heterocycles. The van der Waals surface area contributed by atoms with Gasteiger partial charge in [0.15, 0.2) is 0 Å². The Hall–Kier alpha value is -2.75. The lowest BCUT2D eigenvalue weighted by molar-refractivity contribution is -0.126. The maximum absolute atomic E-state index is 12.4. The highest BCUT2D eigenvalue weighted by atomic mass is 16.5. The second kappa shape index (κ2) is 7.68. The van der Waals surface area contributed by atoms with Gasteiger partial charge in [-0.15, -0.1) is 0 Å². The first-order chi connectivity index (χ1) is 11.8. The molecule has 0 unspecified atom stereocenters. The van der Waals surface area contributed by atoms with Crippen LogP contribution in [0.4, 0.5) is 5.69 Å². The molecule has 2 aromatic carbocycles. The number of amides is 1.